The van der Waals surface area contributed by atoms with E-state index in [2.05, 4.69) is 4.98 Å². The van der Waals surface area contributed by atoms with Crippen molar-refractivity contribution in [3.8, 4) is 0 Å². The Morgan fingerprint density at radius 1 is 1.44 bits per heavy atom. The Morgan fingerprint density at radius 2 is 2.12 bits per heavy atom. The maximum atomic E-state index is 10.8. The summed E-state index contributed by atoms with van der Waals surface area (Å²) in [5.74, 6) is -0.823. The molecule has 3 nitrogen and oxygen atoms in total. The third kappa shape index (κ3) is 1.78. The van der Waals surface area contributed by atoms with Crippen molar-refractivity contribution in [3.05, 3.63) is 34.0 Å². The van der Waals surface area contributed by atoms with Crippen molar-refractivity contribution in [3.63, 3.8) is 0 Å². The molecular formula is C12H12ClNO2. The molecule has 1 aromatic carbocycles. The van der Waals surface area contributed by atoms with Crippen LogP contribution < -0.4 is 0 Å². The monoisotopic (exact) mass is 237 g/mol. The Hall–Kier alpha value is -1.48. The van der Waals surface area contributed by atoms with Gasteiger partial charge in [-0.1, -0.05) is 11.6 Å². The summed E-state index contributed by atoms with van der Waals surface area (Å²) in [4.78, 5) is 13.9. The lowest BCUT2D eigenvalue weighted by molar-refractivity contribution is -0.136. The number of aromatic nitrogens is 1. The van der Waals surface area contributed by atoms with Gasteiger partial charge < -0.3 is 10.1 Å². The Kier molecular flexibility index (Phi) is 2.64. The van der Waals surface area contributed by atoms with E-state index in [-0.39, 0.29) is 6.42 Å². The first-order valence-corrected chi connectivity index (χ1v) is 5.36. The maximum absolute atomic E-state index is 10.8. The zero-order chi connectivity index (χ0) is 11.9. The van der Waals surface area contributed by atoms with Gasteiger partial charge in [-0.15, -0.1) is 0 Å². The summed E-state index contributed by atoms with van der Waals surface area (Å²) in [5.41, 5.74) is 3.57. The number of carboxylic acids is 1. The van der Waals surface area contributed by atoms with Crippen molar-refractivity contribution in [1.82, 2.24) is 4.98 Å². The molecule has 2 rings (SSSR count). The van der Waals surface area contributed by atoms with Gasteiger partial charge >= 0.3 is 5.97 Å². The van der Waals surface area contributed by atoms with Gasteiger partial charge in [0.05, 0.1) is 6.42 Å². The lowest BCUT2D eigenvalue weighted by Crippen LogP contribution is -2.00. The van der Waals surface area contributed by atoms with Crippen LogP contribution in [0.15, 0.2) is 12.1 Å². The molecule has 2 N–H and O–H groups in total. The normalized spacial score (nSPS) is 10.9. The molecule has 16 heavy (non-hydrogen) atoms. The van der Waals surface area contributed by atoms with E-state index < -0.39 is 5.97 Å². The summed E-state index contributed by atoms with van der Waals surface area (Å²) in [6, 6.07) is 3.77. The van der Waals surface area contributed by atoms with Crippen LogP contribution in [-0.2, 0) is 11.2 Å². The molecule has 0 spiro atoms. The molecule has 0 atom stereocenters. The minimum absolute atomic E-state index is 0.0346. The Bertz CT molecular complexity index is 572. The first kappa shape index (κ1) is 11.0. The highest BCUT2D eigenvalue weighted by molar-refractivity contribution is 6.32. The quantitative estimate of drug-likeness (QED) is 0.844. The predicted octanol–water partition coefficient (Wildman–Crippen LogP) is 3.07. The van der Waals surface area contributed by atoms with Gasteiger partial charge in [-0.05, 0) is 37.1 Å². The number of H-pyrrole nitrogens is 1. The number of aromatic amines is 1. The number of rotatable bonds is 2. The van der Waals surface area contributed by atoms with Gasteiger partial charge in [-0.2, -0.15) is 0 Å². The second-order valence-corrected chi connectivity index (χ2v) is 4.35. The molecule has 1 aromatic heterocycles. The number of carboxylic acid groups (broad SMARTS) is 1. The summed E-state index contributed by atoms with van der Waals surface area (Å²) in [6.07, 6.45) is 0.0346. The van der Waals surface area contributed by atoms with Crippen LogP contribution in [0, 0.1) is 13.8 Å². The highest BCUT2D eigenvalue weighted by Crippen LogP contribution is 2.28. The second kappa shape index (κ2) is 3.83. The molecule has 0 unspecified atom stereocenters. The number of nitrogens with one attached hydrogen (secondary N) is 1. The summed E-state index contributed by atoms with van der Waals surface area (Å²) >= 11 is 6.02. The third-order valence-corrected chi connectivity index (χ3v) is 3.13. The largest absolute Gasteiger partial charge is 0.481 e. The molecule has 0 bridgehead atoms. The Balaban J connectivity index is 2.68. The van der Waals surface area contributed by atoms with Crippen molar-refractivity contribution < 1.29 is 9.90 Å². The third-order valence-electron chi connectivity index (χ3n) is 2.73. The minimum atomic E-state index is -0.823. The Morgan fingerprint density at radius 3 is 2.75 bits per heavy atom. The minimum Gasteiger partial charge on any atom is -0.481 e. The predicted molar refractivity (Wildman–Crippen MR) is 64.1 cm³/mol. The average Bonchev–Trinajstić information content (AvgIpc) is 2.45. The number of hydrogen-bond donors (Lipinski definition) is 2. The smallest absolute Gasteiger partial charge is 0.307 e. The van der Waals surface area contributed by atoms with E-state index in [1.807, 2.05) is 26.0 Å². The van der Waals surface area contributed by atoms with Gasteiger partial charge in [0.2, 0.25) is 0 Å². The summed E-state index contributed by atoms with van der Waals surface area (Å²) in [5, 5.41) is 10.5. The lowest BCUT2D eigenvalue weighted by Gasteiger charge is -2.00. The maximum Gasteiger partial charge on any atom is 0.307 e. The van der Waals surface area contributed by atoms with Crippen LogP contribution in [0.25, 0.3) is 10.9 Å². The topological polar surface area (TPSA) is 53.1 Å². The van der Waals surface area contributed by atoms with Gasteiger partial charge in [0, 0.05) is 21.6 Å². The van der Waals surface area contributed by atoms with E-state index in [0.717, 1.165) is 27.7 Å². The molecule has 0 aliphatic heterocycles. The van der Waals surface area contributed by atoms with Crippen molar-refractivity contribution in [2.75, 3.05) is 0 Å². The molecule has 0 fully saturated rings. The van der Waals surface area contributed by atoms with Crippen molar-refractivity contribution >= 4 is 28.5 Å². The molecule has 1 heterocycles. The molecule has 0 radical (unpaired) electrons. The number of hydrogen-bond acceptors (Lipinski definition) is 1. The van der Waals surface area contributed by atoms with E-state index in [9.17, 15) is 4.79 Å². The van der Waals surface area contributed by atoms with E-state index in [1.165, 1.54) is 0 Å². The van der Waals surface area contributed by atoms with Gasteiger partial charge in [0.15, 0.2) is 0 Å². The molecule has 0 amide bonds. The standard InChI is InChI=1S/C12H12ClNO2/c1-6-3-9-8(4-12(15)16)7(2)14-11(9)5-10(6)13/h3,5,14H,4H2,1-2H3,(H,15,16). The van der Waals surface area contributed by atoms with Crippen LogP contribution in [0.1, 0.15) is 16.8 Å². The second-order valence-electron chi connectivity index (χ2n) is 3.95. The fourth-order valence-corrected chi connectivity index (χ4v) is 2.06. The molecule has 84 valence electrons. The summed E-state index contributed by atoms with van der Waals surface area (Å²) in [6.45, 7) is 3.79. The van der Waals surface area contributed by atoms with Crippen LogP contribution in [0.5, 0.6) is 0 Å². The van der Waals surface area contributed by atoms with E-state index in [1.54, 1.807) is 0 Å². The van der Waals surface area contributed by atoms with Crippen molar-refractivity contribution in [1.29, 1.82) is 0 Å². The van der Waals surface area contributed by atoms with Crippen LogP contribution in [-0.4, -0.2) is 16.1 Å². The molecule has 0 saturated heterocycles. The number of fused-ring (bicyclic) bond motifs is 1. The molecule has 0 aliphatic carbocycles. The first-order chi connectivity index (χ1) is 7.49. The zero-order valence-corrected chi connectivity index (χ0v) is 9.85. The number of carbonyl (C=O) groups is 1. The number of halogens is 1. The van der Waals surface area contributed by atoms with E-state index in [4.69, 9.17) is 16.7 Å². The molecule has 4 heteroatoms. The zero-order valence-electron chi connectivity index (χ0n) is 9.10. The fraction of sp³-hybridized carbons (Fsp3) is 0.250. The van der Waals surface area contributed by atoms with Gasteiger partial charge in [-0.3, -0.25) is 4.79 Å². The average molecular weight is 238 g/mol. The van der Waals surface area contributed by atoms with E-state index in [0.29, 0.717) is 5.02 Å². The number of benzene rings is 1. The molecule has 0 saturated carbocycles. The van der Waals surface area contributed by atoms with Crippen molar-refractivity contribution in [2.45, 2.75) is 20.3 Å². The first-order valence-electron chi connectivity index (χ1n) is 4.98. The SMILES string of the molecule is Cc1cc2c(CC(=O)O)c(C)[nH]c2cc1Cl. The lowest BCUT2D eigenvalue weighted by atomic mass is 10.1. The van der Waals surface area contributed by atoms with Crippen molar-refractivity contribution in [2.24, 2.45) is 0 Å². The Labute approximate surface area is 98.0 Å². The van der Waals surface area contributed by atoms with Crippen LogP contribution >= 0.6 is 11.6 Å². The van der Waals surface area contributed by atoms with Crippen LogP contribution in [0.2, 0.25) is 5.02 Å². The number of aryl methyl sites for hydroxylation is 2. The van der Waals surface area contributed by atoms with Gasteiger partial charge in [0.1, 0.15) is 0 Å². The molecule has 2 aromatic rings. The van der Waals surface area contributed by atoms with E-state index >= 15 is 0 Å². The molecular weight excluding hydrogens is 226 g/mol. The highest BCUT2D eigenvalue weighted by Gasteiger charge is 2.12. The molecule has 0 aliphatic rings. The van der Waals surface area contributed by atoms with Crippen LogP contribution in [0.4, 0.5) is 0 Å². The highest BCUT2D eigenvalue weighted by atomic mass is 35.5. The number of aliphatic carboxylic acids is 1. The summed E-state index contributed by atoms with van der Waals surface area (Å²) in [7, 11) is 0. The van der Waals surface area contributed by atoms with Gasteiger partial charge in [0.25, 0.3) is 0 Å². The van der Waals surface area contributed by atoms with Crippen LogP contribution in [0.3, 0.4) is 0 Å². The summed E-state index contributed by atoms with van der Waals surface area (Å²) < 4.78 is 0. The van der Waals surface area contributed by atoms with Gasteiger partial charge in [-0.25, -0.2) is 0 Å². The fourth-order valence-electron chi connectivity index (χ4n) is 1.89.